The number of benzene rings is 1. The Kier molecular flexibility index (Phi) is 14.4. The van der Waals surface area contributed by atoms with Gasteiger partial charge in [-0.15, -0.1) is 13.2 Å². The van der Waals surface area contributed by atoms with Gasteiger partial charge >= 0.3 is 0 Å². The lowest BCUT2D eigenvalue weighted by molar-refractivity contribution is -0.0979. The zero-order valence-corrected chi connectivity index (χ0v) is 10.5. The topological polar surface area (TPSA) is 29.1 Å². The van der Waals surface area contributed by atoms with Crippen molar-refractivity contribution in [1.82, 2.24) is 5.32 Å². The van der Waals surface area contributed by atoms with Crippen molar-refractivity contribution in [2.75, 3.05) is 6.54 Å². The van der Waals surface area contributed by atoms with Crippen molar-refractivity contribution in [3.63, 3.8) is 0 Å². The minimum atomic E-state index is 1.00. The van der Waals surface area contributed by atoms with Crippen LogP contribution in [0.15, 0.2) is 37.4 Å². The average Bonchev–Trinajstić information content (AvgIpc) is 2.41. The molecule has 1 rings (SSSR count). The number of nitrogens with one attached hydrogen (secondary N) is 1. The van der Waals surface area contributed by atoms with Gasteiger partial charge in [0, 0.05) is 6.54 Å². The van der Waals surface area contributed by atoms with Crippen LogP contribution in [-0.4, -0.2) is 13.3 Å². The van der Waals surface area contributed by atoms with Crippen LogP contribution in [-0.2, 0) is 17.8 Å². The van der Waals surface area contributed by atoms with E-state index in [0.717, 1.165) is 19.5 Å². The Morgan fingerprint density at radius 3 is 2.00 bits per heavy atom. The Hall–Kier alpha value is -1.41. The molecule has 0 radical (unpaired) electrons. The van der Waals surface area contributed by atoms with Crippen LogP contribution in [0.5, 0.6) is 0 Å². The van der Waals surface area contributed by atoms with Crippen LogP contribution in [0.25, 0.3) is 0 Å². The van der Waals surface area contributed by atoms with E-state index in [0.29, 0.717) is 0 Å². The van der Waals surface area contributed by atoms with Crippen LogP contribution in [0.2, 0.25) is 0 Å². The predicted molar refractivity (Wildman–Crippen MR) is 71.6 cm³/mol. The first kappa shape index (κ1) is 17.0. The van der Waals surface area contributed by atoms with Gasteiger partial charge in [0.2, 0.25) is 0 Å². The normalized spacial score (nSPS) is 8.12. The van der Waals surface area contributed by atoms with Gasteiger partial charge in [-0.05, 0) is 24.1 Å². The van der Waals surface area contributed by atoms with E-state index in [-0.39, 0.29) is 0 Å². The van der Waals surface area contributed by atoms with Gasteiger partial charge in [-0.1, -0.05) is 38.1 Å². The number of rotatable bonds is 4. The number of carbonyl (C=O) groups excluding carboxylic acids is 1. The Balaban J connectivity index is 0. The molecule has 2 nitrogen and oxygen atoms in total. The molecule has 16 heavy (non-hydrogen) atoms. The van der Waals surface area contributed by atoms with E-state index in [9.17, 15) is 0 Å². The number of aryl methyl sites for hydroxylation is 1. The highest BCUT2D eigenvalue weighted by Gasteiger charge is 1.96. The third kappa shape index (κ3) is 6.96. The summed E-state index contributed by atoms with van der Waals surface area (Å²) in [6.07, 6.45) is 1.13. The maximum Gasteiger partial charge on any atom is 0.106 e. The molecular weight excluding hydrogens is 198 g/mol. The standard InChI is InChI=1S/C11H17N.C2H4.CH2O/c1-3-10-7-5-6-8-11(10)9-12-4-2;2*1-2/h5-8,12H,3-4,9H2,1-2H3;1-2H2;1H2. The molecule has 1 aromatic rings. The van der Waals surface area contributed by atoms with Crippen LogP contribution in [0.3, 0.4) is 0 Å². The van der Waals surface area contributed by atoms with E-state index >= 15 is 0 Å². The fourth-order valence-electron chi connectivity index (χ4n) is 1.33. The van der Waals surface area contributed by atoms with E-state index in [1.165, 1.54) is 11.1 Å². The SMILES string of the molecule is C=C.C=O.CCNCc1ccccc1CC. The van der Waals surface area contributed by atoms with Crippen LogP contribution in [0, 0.1) is 0 Å². The lowest BCUT2D eigenvalue weighted by Crippen LogP contribution is -2.12. The van der Waals surface area contributed by atoms with Gasteiger partial charge in [0.1, 0.15) is 6.79 Å². The average molecular weight is 221 g/mol. The molecule has 0 bridgehead atoms. The molecule has 0 aliphatic rings. The Morgan fingerprint density at radius 1 is 1.06 bits per heavy atom. The first-order valence-electron chi connectivity index (χ1n) is 5.44. The van der Waals surface area contributed by atoms with Crippen molar-refractivity contribution in [3.05, 3.63) is 48.6 Å². The van der Waals surface area contributed by atoms with E-state index in [4.69, 9.17) is 4.79 Å². The van der Waals surface area contributed by atoms with Crippen molar-refractivity contribution < 1.29 is 4.79 Å². The first-order valence-corrected chi connectivity index (χ1v) is 5.44. The van der Waals surface area contributed by atoms with Gasteiger partial charge in [0.05, 0.1) is 0 Å². The Morgan fingerprint density at radius 2 is 1.56 bits per heavy atom. The van der Waals surface area contributed by atoms with Crippen molar-refractivity contribution in [2.24, 2.45) is 0 Å². The van der Waals surface area contributed by atoms with Gasteiger partial charge in [-0.3, -0.25) is 0 Å². The Labute approximate surface area is 99.4 Å². The summed E-state index contributed by atoms with van der Waals surface area (Å²) in [6, 6.07) is 8.61. The summed E-state index contributed by atoms with van der Waals surface area (Å²) in [6.45, 7) is 14.4. The zero-order chi connectivity index (χ0) is 12.8. The minimum Gasteiger partial charge on any atom is -0.313 e. The molecular formula is C14H23NO. The molecule has 90 valence electrons. The van der Waals surface area contributed by atoms with Gasteiger partial charge < -0.3 is 10.1 Å². The molecule has 2 heteroatoms. The zero-order valence-electron chi connectivity index (χ0n) is 10.5. The van der Waals surface area contributed by atoms with Gasteiger partial charge in [-0.25, -0.2) is 0 Å². The van der Waals surface area contributed by atoms with E-state index in [1.54, 1.807) is 0 Å². The molecule has 0 heterocycles. The second kappa shape index (κ2) is 13.6. The van der Waals surface area contributed by atoms with Crippen LogP contribution in [0.1, 0.15) is 25.0 Å². The van der Waals surface area contributed by atoms with E-state index < -0.39 is 0 Å². The van der Waals surface area contributed by atoms with E-state index in [1.807, 2.05) is 6.79 Å². The molecule has 0 unspecified atom stereocenters. The van der Waals surface area contributed by atoms with Crippen molar-refractivity contribution in [1.29, 1.82) is 0 Å². The third-order valence-electron chi connectivity index (χ3n) is 2.06. The molecule has 0 spiro atoms. The third-order valence-corrected chi connectivity index (χ3v) is 2.06. The molecule has 0 saturated heterocycles. The first-order chi connectivity index (χ1) is 7.88. The van der Waals surface area contributed by atoms with Crippen LogP contribution in [0.4, 0.5) is 0 Å². The summed E-state index contributed by atoms with van der Waals surface area (Å²) in [5.74, 6) is 0. The second-order valence-electron chi connectivity index (χ2n) is 2.90. The quantitative estimate of drug-likeness (QED) is 0.792. The molecule has 0 atom stereocenters. The lowest BCUT2D eigenvalue weighted by atomic mass is 10.1. The number of hydrogen-bond donors (Lipinski definition) is 1. The summed E-state index contributed by atoms with van der Waals surface area (Å²) in [5.41, 5.74) is 2.89. The Bertz CT molecular complexity index is 259. The molecule has 0 aliphatic heterocycles. The van der Waals surface area contributed by atoms with Crippen LogP contribution >= 0.6 is 0 Å². The smallest absolute Gasteiger partial charge is 0.106 e. The largest absolute Gasteiger partial charge is 0.313 e. The molecule has 0 amide bonds. The number of hydrogen-bond acceptors (Lipinski definition) is 2. The highest BCUT2D eigenvalue weighted by Crippen LogP contribution is 2.08. The van der Waals surface area contributed by atoms with Gasteiger partial charge in [-0.2, -0.15) is 0 Å². The molecule has 0 aliphatic carbocycles. The molecule has 0 aromatic heterocycles. The number of carbonyl (C=O) groups is 1. The maximum absolute atomic E-state index is 8.00. The maximum atomic E-state index is 8.00. The van der Waals surface area contributed by atoms with E-state index in [2.05, 4.69) is 56.6 Å². The molecule has 0 saturated carbocycles. The van der Waals surface area contributed by atoms with Crippen LogP contribution < -0.4 is 5.32 Å². The fraction of sp³-hybridized carbons (Fsp3) is 0.357. The highest BCUT2D eigenvalue weighted by molar-refractivity contribution is 5.26. The summed E-state index contributed by atoms with van der Waals surface area (Å²) >= 11 is 0. The van der Waals surface area contributed by atoms with Gasteiger partial charge in [0.15, 0.2) is 0 Å². The minimum absolute atomic E-state index is 1.00. The monoisotopic (exact) mass is 221 g/mol. The van der Waals surface area contributed by atoms with Gasteiger partial charge in [0.25, 0.3) is 0 Å². The summed E-state index contributed by atoms with van der Waals surface area (Å²) in [7, 11) is 0. The van der Waals surface area contributed by atoms with Crippen molar-refractivity contribution in [2.45, 2.75) is 26.8 Å². The van der Waals surface area contributed by atoms with Crippen molar-refractivity contribution >= 4 is 6.79 Å². The fourth-order valence-corrected chi connectivity index (χ4v) is 1.33. The molecule has 0 fully saturated rings. The second-order valence-corrected chi connectivity index (χ2v) is 2.90. The lowest BCUT2D eigenvalue weighted by Gasteiger charge is -2.06. The molecule has 1 aromatic carbocycles. The molecule has 1 N–H and O–H groups in total. The highest BCUT2D eigenvalue weighted by atomic mass is 16.1. The summed E-state index contributed by atoms with van der Waals surface area (Å²) in [5, 5.41) is 3.34. The predicted octanol–water partition coefficient (Wildman–Crippen LogP) is 2.98. The van der Waals surface area contributed by atoms with Crippen molar-refractivity contribution in [3.8, 4) is 0 Å². The summed E-state index contributed by atoms with van der Waals surface area (Å²) < 4.78 is 0. The summed E-state index contributed by atoms with van der Waals surface area (Å²) in [4.78, 5) is 8.00.